The Morgan fingerprint density at radius 1 is 1.22 bits per heavy atom. The highest BCUT2D eigenvalue weighted by molar-refractivity contribution is 5.77. The van der Waals surface area contributed by atoms with E-state index >= 15 is 0 Å². The Bertz CT molecular complexity index is 678. The maximum atomic E-state index is 12.2. The molecule has 2 aromatic rings. The van der Waals surface area contributed by atoms with Crippen LogP contribution in [-0.4, -0.2) is 41.0 Å². The van der Waals surface area contributed by atoms with Crippen LogP contribution in [0.1, 0.15) is 39.0 Å². The quantitative estimate of drug-likeness (QED) is 0.873. The first-order valence-corrected chi connectivity index (χ1v) is 8.69. The predicted molar refractivity (Wildman–Crippen MR) is 89.4 cm³/mol. The van der Waals surface area contributed by atoms with Crippen LogP contribution < -0.4 is 4.90 Å². The predicted octanol–water partition coefficient (Wildman–Crippen LogP) is 3.20. The molecule has 0 radical (unpaired) electrons. The lowest BCUT2D eigenvalue weighted by Gasteiger charge is -2.34. The average Bonchev–Trinajstić information content (AvgIpc) is 3.29. The van der Waals surface area contributed by atoms with Gasteiger partial charge in [-0.3, -0.25) is 4.79 Å². The molecule has 0 spiro atoms. The molecule has 1 aromatic carbocycles. The van der Waals surface area contributed by atoms with Gasteiger partial charge in [-0.15, -0.1) is 0 Å². The summed E-state index contributed by atoms with van der Waals surface area (Å²) in [5, 5.41) is 0. The molecule has 5 nitrogen and oxygen atoms in total. The summed E-state index contributed by atoms with van der Waals surface area (Å²) < 4.78 is 5.98. The molecule has 4 rings (SSSR count). The standard InChI is InChI=1S/C18H23N3O2/c1-2-17(22)20-11-5-8-14(20)15-9-6-12-21(15)18-19-13-7-3-4-10-16(13)23-18/h3-4,7,10,14-15H,2,5-6,8-9,11-12H2,1H3/t14-,15-/m1/s1. The van der Waals surface area contributed by atoms with Crippen LogP contribution in [0.3, 0.4) is 0 Å². The van der Waals surface area contributed by atoms with Gasteiger partial charge >= 0.3 is 0 Å². The van der Waals surface area contributed by atoms with Crippen LogP contribution in [0.25, 0.3) is 11.1 Å². The van der Waals surface area contributed by atoms with Gasteiger partial charge in [-0.05, 0) is 37.8 Å². The first-order valence-electron chi connectivity index (χ1n) is 8.69. The van der Waals surface area contributed by atoms with E-state index < -0.39 is 0 Å². The van der Waals surface area contributed by atoms with Gasteiger partial charge in [0.05, 0.1) is 12.1 Å². The monoisotopic (exact) mass is 313 g/mol. The number of oxazole rings is 1. The number of amides is 1. The van der Waals surface area contributed by atoms with Crippen molar-refractivity contribution in [3.8, 4) is 0 Å². The molecule has 1 amide bonds. The van der Waals surface area contributed by atoms with E-state index in [2.05, 4.69) is 14.8 Å². The molecule has 2 fully saturated rings. The fraction of sp³-hybridized carbons (Fsp3) is 0.556. The topological polar surface area (TPSA) is 49.6 Å². The van der Waals surface area contributed by atoms with Gasteiger partial charge in [0.1, 0.15) is 5.52 Å². The van der Waals surface area contributed by atoms with Gasteiger partial charge in [-0.2, -0.15) is 4.98 Å². The maximum Gasteiger partial charge on any atom is 0.298 e. The van der Waals surface area contributed by atoms with Crippen molar-refractivity contribution in [1.82, 2.24) is 9.88 Å². The maximum absolute atomic E-state index is 12.2. The third kappa shape index (κ3) is 2.48. The third-order valence-electron chi connectivity index (χ3n) is 5.19. The van der Waals surface area contributed by atoms with Crippen molar-refractivity contribution < 1.29 is 9.21 Å². The SMILES string of the molecule is CCC(=O)N1CCC[C@@H]1[C@H]1CCCN1c1nc2ccccc2o1. The molecule has 0 bridgehead atoms. The summed E-state index contributed by atoms with van der Waals surface area (Å²) in [6, 6.07) is 9.24. The molecule has 122 valence electrons. The van der Waals surface area contributed by atoms with Gasteiger partial charge in [-0.1, -0.05) is 19.1 Å². The minimum Gasteiger partial charge on any atom is -0.423 e. The second-order valence-corrected chi connectivity index (χ2v) is 6.52. The lowest BCUT2D eigenvalue weighted by molar-refractivity contribution is -0.132. The number of hydrogen-bond donors (Lipinski definition) is 0. The van der Waals surface area contributed by atoms with Gasteiger partial charge in [0.25, 0.3) is 6.01 Å². The summed E-state index contributed by atoms with van der Waals surface area (Å²) in [6.07, 6.45) is 5.03. The number of carbonyl (C=O) groups excluding carboxylic acids is 1. The van der Waals surface area contributed by atoms with Crippen LogP contribution in [0.4, 0.5) is 6.01 Å². The van der Waals surface area contributed by atoms with E-state index in [0.29, 0.717) is 24.5 Å². The second-order valence-electron chi connectivity index (χ2n) is 6.52. The second kappa shape index (κ2) is 5.87. The Morgan fingerprint density at radius 2 is 2.00 bits per heavy atom. The summed E-state index contributed by atoms with van der Waals surface area (Å²) >= 11 is 0. The molecule has 2 saturated heterocycles. The number of para-hydroxylation sites is 2. The normalized spacial score (nSPS) is 24.7. The number of fused-ring (bicyclic) bond motifs is 1. The molecule has 3 heterocycles. The van der Waals surface area contributed by atoms with Crippen LogP contribution >= 0.6 is 0 Å². The summed E-state index contributed by atoms with van der Waals surface area (Å²) in [7, 11) is 0. The van der Waals surface area contributed by atoms with Crippen LogP contribution in [0.2, 0.25) is 0 Å². The highest BCUT2D eigenvalue weighted by Crippen LogP contribution is 2.34. The number of benzene rings is 1. The summed E-state index contributed by atoms with van der Waals surface area (Å²) in [5.74, 6) is 0.275. The first-order chi connectivity index (χ1) is 11.3. The molecule has 0 aliphatic carbocycles. The number of rotatable bonds is 3. The molecule has 2 aliphatic rings. The van der Waals surface area contributed by atoms with E-state index in [1.165, 1.54) is 0 Å². The van der Waals surface area contributed by atoms with E-state index in [4.69, 9.17) is 4.42 Å². The van der Waals surface area contributed by atoms with Crippen molar-refractivity contribution in [3.05, 3.63) is 24.3 Å². The van der Waals surface area contributed by atoms with Crippen molar-refractivity contribution in [3.63, 3.8) is 0 Å². The lowest BCUT2D eigenvalue weighted by Crippen LogP contribution is -2.48. The summed E-state index contributed by atoms with van der Waals surface area (Å²) in [5.41, 5.74) is 1.74. The lowest BCUT2D eigenvalue weighted by atomic mass is 10.0. The van der Waals surface area contributed by atoms with E-state index in [9.17, 15) is 4.79 Å². The molecule has 0 unspecified atom stereocenters. The van der Waals surface area contributed by atoms with Crippen LogP contribution in [0.5, 0.6) is 0 Å². The molecule has 2 atom stereocenters. The van der Waals surface area contributed by atoms with Gasteiger partial charge in [0, 0.05) is 19.5 Å². The van der Waals surface area contributed by atoms with Crippen molar-refractivity contribution in [2.24, 2.45) is 0 Å². The molecule has 0 N–H and O–H groups in total. The fourth-order valence-corrected chi connectivity index (χ4v) is 4.12. The molecule has 2 aliphatic heterocycles. The van der Waals surface area contributed by atoms with Gasteiger partial charge < -0.3 is 14.2 Å². The van der Waals surface area contributed by atoms with Gasteiger partial charge in [-0.25, -0.2) is 0 Å². The fourth-order valence-electron chi connectivity index (χ4n) is 4.12. The molecule has 5 heteroatoms. The minimum atomic E-state index is 0.275. The van der Waals surface area contributed by atoms with Gasteiger partial charge in [0.15, 0.2) is 5.58 Å². The zero-order chi connectivity index (χ0) is 15.8. The first kappa shape index (κ1) is 14.5. The van der Waals surface area contributed by atoms with Crippen LogP contribution in [0.15, 0.2) is 28.7 Å². The third-order valence-corrected chi connectivity index (χ3v) is 5.19. The Balaban J connectivity index is 1.62. The summed E-state index contributed by atoms with van der Waals surface area (Å²) in [6.45, 7) is 3.81. The number of nitrogens with zero attached hydrogens (tertiary/aromatic N) is 3. The van der Waals surface area contributed by atoms with Crippen LogP contribution in [-0.2, 0) is 4.79 Å². The largest absolute Gasteiger partial charge is 0.423 e. The molecule has 0 saturated carbocycles. The Morgan fingerprint density at radius 3 is 2.83 bits per heavy atom. The summed E-state index contributed by atoms with van der Waals surface area (Å²) in [4.78, 5) is 21.3. The van der Waals surface area contributed by atoms with E-state index in [0.717, 1.165) is 49.9 Å². The van der Waals surface area contributed by atoms with Crippen molar-refractivity contribution >= 4 is 23.0 Å². The van der Waals surface area contributed by atoms with Crippen molar-refractivity contribution in [1.29, 1.82) is 0 Å². The smallest absolute Gasteiger partial charge is 0.298 e. The Kier molecular flexibility index (Phi) is 3.71. The van der Waals surface area contributed by atoms with Gasteiger partial charge in [0.2, 0.25) is 5.91 Å². The number of carbonyl (C=O) groups is 1. The van der Waals surface area contributed by atoms with E-state index in [1.54, 1.807) is 0 Å². The number of hydrogen-bond acceptors (Lipinski definition) is 4. The molecular weight excluding hydrogens is 290 g/mol. The number of likely N-dealkylation sites (tertiary alicyclic amines) is 1. The zero-order valence-electron chi connectivity index (χ0n) is 13.6. The average molecular weight is 313 g/mol. The number of anilines is 1. The molecule has 1 aromatic heterocycles. The number of aromatic nitrogens is 1. The zero-order valence-corrected chi connectivity index (χ0v) is 13.6. The highest BCUT2D eigenvalue weighted by Gasteiger charge is 2.40. The minimum absolute atomic E-state index is 0.275. The Hall–Kier alpha value is -2.04. The van der Waals surface area contributed by atoms with Crippen molar-refractivity contribution in [2.75, 3.05) is 18.0 Å². The van der Waals surface area contributed by atoms with Crippen molar-refractivity contribution in [2.45, 2.75) is 51.1 Å². The molecule has 23 heavy (non-hydrogen) atoms. The van der Waals surface area contributed by atoms with E-state index in [1.807, 2.05) is 31.2 Å². The van der Waals surface area contributed by atoms with E-state index in [-0.39, 0.29) is 5.91 Å². The molecular formula is C18H23N3O2. The van der Waals surface area contributed by atoms with Crippen LogP contribution in [0, 0.1) is 0 Å². The Labute approximate surface area is 136 Å². The highest BCUT2D eigenvalue weighted by atomic mass is 16.4.